The molecular weight excluding hydrogens is 288 g/mol. The van der Waals surface area contributed by atoms with Gasteiger partial charge in [0.15, 0.2) is 5.82 Å². The summed E-state index contributed by atoms with van der Waals surface area (Å²) in [6.07, 6.45) is 14.2. The number of nitrogens with zero attached hydrogens (tertiary/aromatic N) is 4. The van der Waals surface area contributed by atoms with Crippen LogP contribution in [0.3, 0.4) is 0 Å². The molecule has 5 nitrogen and oxygen atoms in total. The molecule has 0 bridgehead atoms. The number of hydrogen-bond donors (Lipinski definition) is 0. The molecule has 5 heteroatoms. The van der Waals surface area contributed by atoms with Crippen LogP contribution < -0.4 is 0 Å². The van der Waals surface area contributed by atoms with Gasteiger partial charge in [-0.3, -0.25) is 4.79 Å². The molecule has 1 aliphatic carbocycles. The van der Waals surface area contributed by atoms with Gasteiger partial charge in [0, 0.05) is 25.9 Å². The summed E-state index contributed by atoms with van der Waals surface area (Å²) in [6.45, 7) is 1.89. The molecule has 0 unspecified atom stereocenters. The number of fused-ring (bicyclic) bond motifs is 1. The third-order valence-corrected chi connectivity index (χ3v) is 5.56. The number of carbonyl (C=O) groups excluding carboxylic acids is 1. The highest BCUT2D eigenvalue weighted by atomic mass is 16.2. The zero-order chi connectivity index (χ0) is 15.6. The maximum atomic E-state index is 12.8. The van der Waals surface area contributed by atoms with E-state index in [-0.39, 0.29) is 6.04 Å². The van der Waals surface area contributed by atoms with Crippen LogP contribution in [0.25, 0.3) is 0 Å². The van der Waals surface area contributed by atoms with Crippen molar-refractivity contribution in [1.29, 1.82) is 0 Å². The lowest BCUT2D eigenvalue weighted by molar-refractivity contribution is -0.133. The van der Waals surface area contributed by atoms with Crippen molar-refractivity contribution in [1.82, 2.24) is 19.7 Å². The van der Waals surface area contributed by atoms with Crippen LogP contribution in [0.4, 0.5) is 0 Å². The van der Waals surface area contributed by atoms with Crippen molar-refractivity contribution in [2.24, 2.45) is 5.92 Å². The Morgan fingerprint density at radius 3 is 2.96 bits per heavy atom. The van der Waals surface area contributed by atoms with Gasteiger partial charge < -0.3 is 9.47 Å². The third-order valence-electron chi connectivity index (χ3n) is 5.56. The number of aryl methyl sites for hydroxylation is 1. The van der Waals surface area contributed by atoms with Crippen molar-refractivity contribution in [3.8, 4) is 0 Å². The molecule has 4 rings (SSSR count). The first-order valence-corrected chi connectivity index (χ1v) is 9.21. The average Bonchev–Trinajstić information content (AvgIpc) is 3.26. The van der Waals surface area contributed by atoms with E-state index in [2.05, 4.69) is 31.8 Å². The van der Waals surface area contributed by atoms with E-state index < -0.39 is 0 Å². The first kappa shape index (κ1) is 14.9. The Kier molecular flexibility index (Phi) is 4.19. The van der Waals surface area contributed by atoms with E-state index in [1.54, 1.807) is 0 Å². The molecule has 1 aromatic rings. The smallest absolute Gasteiger partial charge is 0.223 e. The van der Waals surface area contributed by atoms with Crippen LogP contribution in [0.15, 0.2) is 12.2 Å². The van der Waals surface area contributed by atoms with Crippen LogP contribution in [0.1, 0.15) is 69.1 Å². The molecule has 0 saturated carbocycles. The van der Waals surface area contributed by atoms with Gasteiger partial charge in [-0.15, -0.1) is 10.2 Å². The fourth-order valence-electron chi connectivity index (χ4n) is 4.29. The summed E-state index contributed by atoms with van der Waals surface area (Å²) in [7, 11) is 0. The minimum Gasteiger partial charge on any atom is -0.332 e. The van der Waals surface area contributed by atoms with E-state index in [1.807, 2.05) is 0 Å². The molecule has 0 spiro atoms. The number of allylic oxidation sites excluding steroid dienone is 2. The maximum absolute atomic E-state index is 12.8. The van der Waals surface area contributed by atoms with E-state index >= 15 is 0 Å². The second-order valence-electron chi connectivity index (χ2n) is 7.15. The van der Waals surface area contributed by atoms with Crippen molar-refractivity contribution in [2.75, 3.05) is 6.54 Å². The molecule has 2 atom stereocenters. The van der Waals surface area contributed by atoms with E-state index in [0.29, 0.717) is 18.2 Å². The molecule has 1 aromatic heterocycles. The van der Waals surface area contributed by atoms with Crippen LogP contribution in [-0.4, -0.2) is 32.1 Å². The Labute approximate surface area is 137 Å². The van der Waals surface area contributed by atoms with E-state index in [4.69, 9.17) is 0 Å². The number of amides is 1. The minimum absolute atomic E-state index is 0.146. The quantitative estimate of drug-likeness (QED) is 0.806. The first-order chi connectivity index (χ1) is 11.3. The summed E-state index contributed by atoms with van der Waals surface area (Å²) >= 11 is 0. The number of rotatable bonds is 3. The van der Waals surface area contributed by atoms with Gasteiger partial charge in [0.2, 0.25) is 5.91 Å². The zero-order valence-electron chi connectivity index (χ0n) is 13.8. The van der Waals surface area contributed by atoms with E-state index in [0.717, 1.165) is 56.8 Å². The lowest BCUT2D eigenvalue weighted by Gasteiger charge is -2.25. The Morgan fingerprint density at radius 2 is 2.09 bits per heavy atom. The molecule has 1 saturated heterocycles. The van der Waals surface area contributed by atoms with Crippen LogP contribution in [-0.2, 0) is 17.8 Å². The Balaban J connectivity index is 1.52. The molecule has 3 heterocycles. The fraction of sp³-hybridized carbons (Fsp3) is 0.722. The summed E-state index contributed by atoms with van der Waals surface area (Å²) in [6, 6.07) is 0.146. The normalized spacial score (nSPS) is 27.2. The van der Waals surface area contributed by atoms with Gasteiger partial charge in [-0.05, 0) is 44.4 Å². The molecule has 0 N–H and O–H groups in total. The predicted octanol–water partition coefficient (Wildman–Crippen LogP) is 3.02. The SMILES string of the molecule is O=C(C[C@H]1C=CCC1)N1CCC[C@H]1c1nnc2n1CCCCC2. The second kappa shape index (κ2) is 6.46. The minimum atomic E-state index is 0.146. The molecular formula is C18H26N4O. The van der Waals surface area contributed by atoms with Gasteiger partial charge in [0.05, 0.1) is 6.04 Å². The van der Waals surface area contributed by atoms with Crippen LogP contribution >= 0.6 is 0 Å². The van der Waals surface area contributed by atoms with Gasteiger partial charge >= 0.3 is 0 Å². The standard InChI is InChI=1S/C18H26N4O/c23-17(13-14-7-3-4-8-14)21-12-6-9-15(21)18-20-19-16-10-2-1-5-11-22(16)18/h3,7,14-15H,1-2,4-6,8-13H2/t14-,15-/m0/s1. The van der Waals surface area contributed by atoms with Crippen molar-refractivity contribution in [3.63, 3.8) is 0 Å². The van der Waals surface area contributed by atoms with E-state index in [9.17, 15) is 4.79 Å². The Bertz CT molecular complexity index is 606. The summed E-state index contributed by atoms with van der Waals surface area (Å²) in [5.74, 6) is 2.90. The monoisotopic (exact) mass is 314 g/mol. The largest absolute Gasteiger partial charge is 0.332 e. The molecule has 0 aromatic carbocycles. The van der Waals surface area contributed by atoms with Crippen molar-refractivity contribution >= 4 is 5.91 Å². The summed E-state index contributed by atoms with van der Waals surface area (Å²) in [5, 5.41) is 8.91. The predicted molar refractivity (Wildman–Crippen MR) is 87.7 cm³/mol. The topological polar surface area (TPSA) is 51.0 Å². The summed E-state index contributed by atoms with van der Waals surface area (Å²) < 4.78 is 2.30. The Morgan fingerprint density at radius 1 is 1.13 bits per heavy atom. The maximum Gasteiger partial charge on any atom is 0.223 e. The molecule has 23 heavy (non-hydrogen) atoms. The van der Waals surface area contributed by atoms with Crippen LogP contribution in [0.5, 0.6) is 0 Å². The van der Waals surface area contributed by atoms with Gasteiger partial charge in [-0.25, -0.2) is 0 Å². The Hall–Kier alpha value is -1.65. The number of hydrogen-bond acceptors (Lipinski definition) is 3. The van der Waals surface area contributed by atoms with Gasteiger partial charge in [0.1, 0.15) is 5.82 Å². The first-order valence-electron chi connectivity index (χ1n) is 9.21. The molecule has 3 aliphatic rings. The zero-order valence-corrected chi connectivity index (χ0v) is 13.8. The summed E-state index contributed by atoms with van der Waals surface area (Å²) in [5.41, 5.74) is 0. The number of likely N-dealkylation sites (tertiary alicyclic amines) is 1. The second-order valence-corrected chi connectivity index (χ2v) is 7.15. The van der Waals surface area contributed by atoms with Gasteiger partial charge in [0.25, 0.3) is 0 Å². The average molecular weight is 314 g/mol. The molecule has 0 radical (unpaired) electrons. The highest BCUT2D eigenvalue weighted by Crippen LogP contribution is 2.34. The number of carbonyl (C=O) groups is 1. The van der Waals surface area contributed by atoms with Crippen molar-refractivity contribution in [2.45, 2.75) is 70.4 Å². The van der Waals surface area contributed by atoms with Crippen LogP contribution in [0.2, 0.25) is 0 Å². The molecule has 124 valence electrons. The number of aromatic nitrogens is 3. The fourth-order valence-corrected chi connectivity index (χ4v) is 4.29. The molecule has 1 amide bonds. The van der Waals surface area contributed by atoms with Crippen LogP contribution in [0, 0.1) is 5.92 Å². The molecule has 1 fully saturated rings. The third kappa shape index (κ3) is 2.93. The van der Waals surface area contributed by atoms with Gasteiger partial charge in [-0.1, -0.05) is 18.6 Å². The van der Waals surface area contributed by atoms with Gasteiger partial charge in [-0.2, -0.15) is 0 Å². The van der Waals surface area contributed by atoms with Crippen molar-refractivity contribution in [3.05, 3.63) is 23.8 Å². The summed E-state index contributed by atoms with van der Waals surface area (Å²) in [4.78, 5) is 14.9. The van der Waals surface area contributed by atoms with E-state index in [1.165, 1.54) is 19.3 Å². The lowest BCUT2D eigenvalue weighted by Crippen LogP contribution is -2.33. The highest BCUT2D eigenvalue weighted by molar-refractivity contribution is 5.77. The molecule has 2 aliphatic heterocycles. The highest BCUT2D eigenvalue weighted by Gasteiger charge is 2.34. The lowest BCUT2D eigenvalue weighted by atomic mass is 10.0. The van der Waals surface area contributed by atoms with Crippen molar-refractivity contribution < 1.29 is 4.79 Å².